The van der Waals surface area contributed by atoms with Gasteiger partial charge < -0.3 is 5.73 Å². The van der Waals surface area contributed by atoms with E-state index in [2.05, 4.69) is 15.2 Å². The maximum atomic E-state index is 5.70. The molecule has 0 spiro atoms. The summed E-state index contributed by atoms with van der Waals surface area (Å²) in [6, 6.07) is 9.65. The van der Waals surface area contributed by atoms with Gasteiger partial charge in [0, 0.05) is 5.56 Å². The Hall–Kier alpha value is -1.81. The van der Waals surface area contributed by atoms with Crippen LogP contribution < -0.4 is 5.73 Å². The van der Waals surface area contributed by atoms with Gasteiger partial charge in [0.25, 0.3) is 0 Å². The molecule has 0 amide bonds. The summed E-state index contributed by atoms with van der Waals surface area (Å²) in [4.78, 5) is 4.34. The van der Waals surface area contributed by atoms with Gasteiger partial charge in [-0.25, -0.2) is 4.98 Å². The van der Waals surface area contributed by atoms with E-state index in [4.69, 9.17) is 5.73 Å². The lowest BCUT2D eigenvalue weighted by atomic mass is 10.2. The molecule has 0 saturated heterocycles. The fraction of sp³-hybridized carbons (Fsp3) is 0.182. The second-order valence-corrected chi connectivity index (χ2v) is 3.35. The zero-order chi connectivity index (χ0) is 10.7. The van der Waals surface area contributed by atoms with Crippen LogP contribution in [0.2, 0.25) is 0 Å². The van der Waals surface area contributed by atoms with E-state index in [-0.39, 0.29) is 6.04 Å². The summed E-state index contributed by atoms with van der Waals surface area (Å²) in [5.41, 5.74) is 7.52. The van der Waals surface area contributed by atoms with Gasteiger partial charge in [-0.3, -0.25) is 0 Å². The second kappa shape index (κ2) is 4.14. The minimum Gasteiger partial charge on any atom is -0.321 e. The Morgan fingerprint density at radius 2 is 1.93 bits per heavy atom. The smallest absolute Gasteiger partial charge is 0.168 e. The molecule has 1 aromatic heterocycles. The first-order chi connectivity index (χ1) is 7.27. The Labute approximate surface area is 88.2 Å². The molecule has 1 atom stereocenters. The van der Waals surface area contributed by atoms with Gasteiger partial charge >= 0.3 is 0 Å². The third kappa shape index (κ3) is 2.16. The molecule has 76 valence electrons. The van der Waals surface area contributed by atoms with Crippen LogP contribution in [0.15, 0.2) is 36.5 Å². The summed E-state index contributed by atoms with van der Waals surface area (Å²) in [7, 11) is 0. The number of aromatic nitrogens is 3. The number of benzene rings is 1. The molecule has 0 aliphatic carbocycles. The average Bonchev–Trinajstić information content (AvgIpc) is 2.30. The molecular weight excluding hydrogens is 188 g/mol. The van der Waals surface area contributed by atoms with Crippen LogP contribution in [0.3, 0.4) is 0 Å². The summed E-state index contributed by atoms with van der Waals surface area (Å²) in [6.07, 6.45) is 1.64. The Balaban J connectivity index is 2.42. The molecule has 4 heteroatoms. The highest BCUT2D eigenvalue weighted by Crippen LogP contribution is 2.15. The molecule has 0 fully saturated rings. The lowest BCUT2D eigenvalue weighted by Crippen LogP contribution is -2.11. The molecule has 1 aromatic carbocycles. The van der Waals surface area contributed by atoms with E-state index >= 15 is 0 Å². The van der Waals surface area contributed by atoms with Gasteiger partial charge in [-0.15, -0.1) is 5.10 Å². The first-order valence-electron chi connectivity index (χ1n) is 4.78. The van der Waals surface area contributed by atoms with Crippen LogP contribution in [0.25, 0.3) is 11.3 Å². The van der Waals surface area contributed by atoms with Gasteiger partial charge in [0.15, 0.2) is 5.82 Å². The quantitative estimate of drug-likeness (QED) is 0.799. The van der Waals surface area contributed by atoms with Crippen LogP contribution >= 0.6 is 0 Å². The molecule has 2 N–H and O–H groups in total. The maximum absolute atomic E-state index is 5.70. The van der Waals surface area contributed by atoms with E-state index in [1.165, 1.54) is 0 Å². The summed E-state index contributed by atoms with van der Waals surface area (Å²) in [5, 5.41) is 7.77. The maximum Gasteiger partial charge on any atom is 0.168 e. The standard InChI is InChI=1S/C11H12N4/c1-8(12)11-14-10(7-13-15-11)9-5-3-2-4-6-9/h2-8H,12H2,1H3. The number of nitrogens with two attached hydrogens (primary N) is 1. The number of hydrogen-bond donors (Lipinski definition) is 1. The Morgan fingerprint density at radius 1 is 1.20 bits per heavy atom. The first kappa shape index (κ1) is 9.73. The van der Waals surface area contributed by atoms with E-state index in [0.29, 0.717) is 5.82 Å². The van der Waals surface area contributed by atoms with Gasteiger partial charge in [-0.1, -0.05) is 30.3 Å². The summed E-state index contributed by atoms with van der Waals surface area (Å²) >= 11 is 0. The van der Waals surface area contributed by atoms with Crippen molar-refractivity contribution in [3.8, 4) is 11.3 Å². The van der Waals surface area contributed by atoms with Crippen LogP contribution in [0.5, 0.6) is 0 Å². The lowest BCUT2D eigenvalue weighted by Gasteiger charge is -2.04. The highest BCUT2D eigenvalue weighted by Gasteiger charge is 2.05. The highest BCUT2D eigenvalue weighted by molar-refractivity contribution is 5.57. The van der Waals surface area contributed by atoms with Gasteiger partial charge in [-0.2, -0.15) is 5.10 Å². The van der Waals surface area contributed by atoms with Crippen LogP contribution in [0, 0.1) is 0 Å². The Morgan fingerprint density at radius 3 is 2.60 bits per heavy atom. The predicted octanol–water partition coefficient (Wildman–Crippen LogP) is 1.56. The molecule has 2 aromatic rings. The van der Waals surface area contributed by atoms with Crippen LogP contribution in [-0.2, 0) is 0 Å². The molecule has 0 aliphatic heterocycles. The lowest BCUT2D eigenvalue weighted by molar-refractivity contribution is 0.710. The van der Waals surface area contributed by atoms with Crippen molar-refractivity contribution < 1.29 is 0 Å². The van der Waals surface area contributed by atoms with Crippen molar-refractivity contribution in [2.45, 2.75) is 13.0 Å². The van der Waals surface area contributed by atoms with Crippen molar-refractivity contribution in [2.24, 2.45) is 5.73 Å². The topological polar surface area (TPSA) is 64.7 Å². The highest BCUT2D eigenvalue weighted by atomic mass is 15.2. The summed E-state index contributed by atoms with van der Waals surface area (Å²) < 4.78 is 0. The van der Waals surface area contributed by atoms with E-state index in [0.717, 1.165) is 11.3 Å². The van der Waals surface area contributed by atoms with Gasteiger partial charge in [0.05, 0.1) is 17.9 Å². The molecule has 1 unspecified atom stereocenters. The number of rotatable bonds is 2. The van der Waals surface area contributed by atoms with E-state index < -0.39 is 0 Å². The number of hydrogen-bond acceptors (Lipinski definition) is 4. The van der Waals surface area contributed by atoms with Crippen molar-refractivity contribution in [3.63, 3.8) is 0 Å². The molecule has 0 aliphatic rings. The zero-order valence-electron chi connectivity index (χ0n) is 8.46. The Bertz CT molecular complexity index is 439. The van der Waals surface area contributed by atoms with E-state index in [1.54, 1.807) is 6.20 Å². The van der Waals surface area contributed by atoms with E-state index in [1.807, 2.05) is 37.3 Å². The van der Waals surface area contributed by atoms with Gasteiger partial charge in [-0.05, 0) is 6.92 Å². The molecule has 0 radical (unpaired) electrons. The fourth-order valence-electron chi connectivity index (χ4n) is 1.26. The van der Waals surface area contributed by atoms with Crippen molar-refractivity contribution >= 4 is 0 Å². The van der Waals surface area contributed by atoms with Crippen LogP contribution in [0.4, 0.5) is 0 Å². The molecule has 0 bridgehead atoms. The van der Waals surface area contributed by atoms with Gasteiger partial charge in [0.2, 0.25) is 0 Å². The minimum absolute atomic E-state index is 0.193. The summed E-state index contributed by atoms with van der Waals surface area (Å²) in [6.45, 7) is 1.84. The minimum atomic E-state index is -0.193. The normalized spacial score (nSPS) is 12.4. The zero-order valence-corrected chi connectivity index (χ0v) is 8.46. The molecule has 15 heavy (non-hydrogen) atoms. The van der Waals surface area contributed by atoms with E-state index in [9.17, 15) is 0 Å². The third-order valence-electron chi connectivity index (χ3n) is 2.05. The monoisotopic (exact) mass is 200 g/mol. The van der Waals surface area contributed by atoms with Crippen LogP contribution in [0.1, 0.15) is 18.8 Å². The second-order valence-electron chi connectivity index (χ2n) is 3.35. The van der Waals surface area contributed by atoms with Crippen molar-refractivity contribution in [1.29, 1.82) is 0 Å². The Kier molecular flexibility index (Phi) is 2.69. The number of nitrogens with zero attached hydrogens (tertiary/aromatic N) is 3. The third-order valence-corrected chi connectivity index (χ3v) is 2.05. The fourth-order valence-corrected chi connectivity index (χ4v) is 1.26. The van der Waals surface area contributed by atoms with Crippen molar-refractivity contribution in [3.05, 3.63) is 42.4 Å². The summed E-state index contributed by atoms with van der Waals surface area (Å²) in [5.74, 6) is 0.566. The molecular formula is C11H12N4. The van der Waals surface area contributed by atoms with Crippen LogP contribution in [-0.4, -0.2) is 15.2 Å². The first-order valence-corrected chi connectivity index (χ1v) is 4.78. The molecule has 2 rings (SSSR count). The average molecular weight is 200 g/mol. The van der Waals surface area contributed by atoms with Crippen molar-refractivity contribution in [2.75, 3.05) is 0 Å². The SMILES string of the molecule is CC(N)c1nncc(-c2ccccc2)n1. The predicted molar refractivity (Wildman–Crippen MR) is 57.9 cm³/mol. The van der Waals surface area contributed by atoms with Crippen molar-refractivity contribution in [1.82, 2.24) is 15.2 Å². The molecule has 0 saturated carbocycles. The molecule has 1 heterocycles. The van der Waals surface area contributed by atoms with Gasteiger partial charge in [0.1, 0.15) is 0 Å². The molecule has 4 nitrogen and oxygen atoms in total. The largest absolute Gasteiger partial charge is 0.321 e.